The topological polar surface area (TPSA) is 64.4 Å². The Morgan fingerprint density at radius 1 is 1.44 bits per heavy atom. The summed E-state index contributed by atoms with van der Waals surface area (Å²) in [6.45, 7) is 3.48. The monoisotopic (exact) mass is 240 g/mol. The first-order valence-corrected chi connectivity index (χ1v) is 5.67. The Labute approximate surface area is 97.5 Å². The highest BCUT2D eigenvalue weighted by Gasteiger charge is 2.33. The van der Waals surface area contributed by atoms with Crippen LogP contribution < -0.4 is 4.72 Å². The molecule has 2 rings (SSSR count). The molecule has 0 spiro atoms. The minimum atomic E-state index is -0.400. The Kier molecular flexibility index (Phi) is 3.13. The highest BCUT2D eigenvalue weighted by molar-refractivity contribution is 7.97. The molecule has 0 aromatic heterocycles. The van der Waals surface area contributed by atoms with Crippen molar-refractivity contribution in [2.45, 2.75) is 17.4 Å². The maximum atomic E-state index is 10.5. The molecule has 0 saturated carbocycles. The summed E-state index contributed by atoms with van der Waals surface area (Å²) < 4.78 is 8.39. The normalized spacial score (nSPS) is 17.8. The summed E-state index contributed by atoms with van der Waals surface area (Å²) in [6.07, 6.45) is 0. The molecule has 0 aliphatic carbocycles. The zero-order valence-corrected chi connectivity index (χ0v) is 9.62. The van der Waals surface area contributed by atoms with Crippen molar-refractivity contribution in [2.75, 3.05) is 13.2 Å². The smallest absolute Gasteiger partial charge is 0.269 e. The lowest BCUT2D eigenvalue weighted by atomic mass is 10.0. The van der Waals surface area contributed by atoms with Crippen molar-refractivity contribution in [2.24, 2.45) is 0 Å². The van der Waals surface area contributed by atoms with E-state index in [1.165, 1.54) is 24.1 Å². The summed E-state index contributed by atoms with van der Waals surface area (Å²) >= 11 is 1.47. The van der Waals surface area contributed by atoms with Gasteiger partial charge in [0.25, 0.3) is 5.69 Å². The molecule has 1 heterocycles. The molecule has 86 valence electrons. The Balaban J connectivity index is 1.92. The van der Waals surface area contributed by atoms with Gasteiger partial charge in [-0.15, -0.1) is 0 Å². The summed E-state index contributed by atoms with van der Waals surface area (Å²) in [5.74, 6) is 0. The summed E-state index contributed by atoms with van der Waals surface area (Å²) in [4.78, 5) is 11.0. The molecule has 1 aromatic carbocycles. The molecule has 6 heteroatoms. The number of nitro groups is 1. The molecule has 1 aromatic rings. The lowest BCUT2D eigenvalue weighted by Gasteiger charge is -2.38. The van der Waals surface area contributed by atoms with Crippen LogP contribution in [0.4, 0.5) is 5.69 Å². The minimum Gasteiger partial charge on any atom is -0.377 e. The Morgan fingerprint density at radius 2 is 2.06 bits per heavy atom. The lowest BCUT2D eigenvalue weighted by Crippen LogP contribution is -2.55. The van der Waals surface area contributed by atoms with E-state index in [2.05, 4.69) is 11.6 Å². The van der Waals surface area contributed by atoms with Crippen LogP contribution in [0.25, 0.3) is 0 Å². The zero-order valence-electron chi connectivity index (χ0n) is 8.80. The number of nitro benzene ring substituents is 1. The van der Waals surface area contributed by atoms with Gasteiger partial charge in [-0.3, -0.25) is 10.1 Å². The van der Waals surface area contributed by atoms with E-state index in [0.29, 0.717) is 13.2 Å². The van der Waals surface area contributed by atoms with Gasteiger partial charge in [-0.25, -0.2) is 4.72 Å². The summed E-state index contributed by atoms with van der Waals surface area (Å²) in [5.41, 5.74) is 0.134. The largest absolute Gasteiger partial charge is 0.377 e. The Hall–Kier alpha value is -1.11. The third-order valence-electron chi connectivity index (χ3n) is 2.30. The van der Waals surface area contributed by atoms with E-state index in [9.17, 15) is 10.1 Å². The third-order valence-corrected chi connectivity index (χ3v) is 3.41. The number of hydrogen-bond donors (Lipinski definition) is 1. The van der Waals surface area contributed by atoms with Gasteiger partial charge < -0.3 is 4.74 Å². The maximum Gasteiger partial charge on any atom is 0.269 e. The first-order chi connectivity index (χ1) is 7.59. The van der Waals surface area contributed by atoms with Crippen molar-refractivity contribution >= 4 is 17.6 Å². The Morgan fingerprint density at radius 3 is 2.50 bits per heavy atom. The van der Waals surface area contributed by atoms with Crippen LogP contribution in [0.3, 0.4) is 0 Å². The lowest BCUT2D eigenvalue weighted by molar-refractivity contribution is -0.384. The maximum absolute atomic E-state index is 10.5. The van der Waals surface area contributed by atoms with Gasteiger partial charge in [0, 0.05) is 17.0 Å². The van der Waals surface area contributed by atoms with Crippen molar-refractivity contribution in [3.8, 4) is 0 Å². The van der Waals surface area contributed by atoms with Gasteiger partial charge in [-0.1, -0.05) is 0 Å². The molecule has 5 nitrogen and oxygen atoms in total. The second kappa shape index (κ2) is 4.40. The van der Waals surface area contributed by atoms with Crippen LogP contribution in [-0.2, 0) is 4.74 Å². The van der Waals surface area contributed by atoms with Gasteiger partial charge in [0.05, 0.1) is 23.7 Å². The third kappa shape index (κ3) is 2.52. The second-order valence-electron chi connectivity index (χ2n) is 4.01. The molecule has 16 heavy (non-hydrogen) atoms. The molecule has 0 bridgehead atoms. The molecule has 1 aliphatic rings. The minimum absolute atomic E-state index is 0.0203. The van der Waals surface area contributed by atoms with Gasteiger partial charge in [0.15, 0.2) is 0 Å². The van der Waals surface area contributed by atoms with E-state index < -0.39 is 4.92 Å². The van der Waals surface area contributed by atoms with Gasteiger partial charge in [-0.2, -0.15) is 0 Å². The fourth-order valence-corrected chi connectivity index (χ4v) is 2.04. The SMILES string of the molecule is CC1(NSc2ccc([N+](=O)[O-])cc2)COC1. The first-order valence-electron chi connectivity index (χ1n) is 4.85. The highest BCUT2D eigenvalue weighted by Crippen LogP contribution is 2.24. The molecule has 0 atom stereocenters. The molecule has 0 radical (unpaired) electrons. The standard InChI is InChI=1S/C10H12N2O3S/c1-10(6-15-7-10)11-16-9-4-2-8(3-5-9)12(13)14/h2-5,11H,6-7H2,1H3. The van der Waals surface area contributed by atoms with E-state index in [4.69, 9.17) is 4.74 Å². The molecule has 0 amide bonds. The van der Waals surface area contributed by atoms with Crippen LogP contribution in [-0.4, -0.2) is 23.7 Å². The number of hydrogen-bond acceptors (Lipinski definition) is 5. The van der Waals surface area contributed by atoms with Gasteiger partial charge >= 0.3 is 0 Å². The van der Waals surface area contributed by atoms with Crippen molar-refractivity contribution in [1.29, 1.82) is 0 Å². The summed E-state index contributed by atoms with van der Waals surface area (Å²) in [7, 11) is 0. The van der Waals surface area contributed by atoms with E-state index in [1.807, 2.05) is 0 Å². The Bertz CT molecular complexity index is 390. The van der Waals surface area contributed by atoms with Crippen molar-refractivity contribution in [3.63, 3.8) is 0 Å². The van der Waals surface area contributed by atoms with E-state index in [-0.39, 0.29) is 11.2 Å². The molecule has 1 saturated heterocycles. The number of non-ortho nitro benzene ring substituents is 1. The van der Waals surface area contributed by atoms with E-state index in [1.54, 1.807) is 12.1 Å². The fraction of sp³-hybridized carbons (Fsp3) is 0.400. The van der Waals surface area contributed by atoms with E-state index >= 15 is 0 Å². The molecule has 1 aliphatic heterocycles. The molecular weight excluding hydrogens is 228 g/mol. The number of nitrogens with zero attached hydrogens (tertiary/aromatic N) is 1. The van der Waals surface area contributed by atoms with Gasteiger partial charge in [0.2, 0.25) is 0 Å². The second-order valence-corrected chi connectivity index (χ2v) is 4.89. The predicted octanol–water partition coefficient (Wildman–Crippen LogP) is 1.98. The zero-order chi connectivity index (χ0) is 11.6. The van der Waals surface area contributed by atoms with Crippen molar-refractivity contribution in [3.05, 3.63) is 34.4 Å². The molecule has 0 unspecified atom stereocenters. The summed E-state index contributed by atoms with van der Waals surface area (Å²) in [5, 5.41) is 10.5. The van der Waals surface area contributed by atoms with Crippen LogP contribution in [0.2, 0.25) is 0 Å². The number of ether oxygens (including phenoxy) is 1. The van der Waals surface area contributed by atoms with Crippen LogP contribution in [0.15, 0.2) is 29.2 Å². The predicted molar refractivity (Wildman–Crippen MR) is 61.3 cm³/mol. The average Bonchev–Trinajstić information content (AvgIpc) is 2.24. The molecular formula is C10H12N2O3S. The van der Waals surface area contributed by atoms with Crippen molar-refractivity contribution < 1.29 is 9.66 Å². The average molecular weight is 240 g/mol. The van der Waals surface area contributed by atoms with Crippen LogP contribution in [0.5, 0.6) is 0 Å². The molecule has 1 fully saturated rings. The fourth-order valence-electron chi connectivity index (χ4n) is 1.29. The van der Waals surface area contributed by atoms with Gasteiger partial charge in [-0.05, 0) is 31.0 Å². The number of rotatable bonds is 4. The highest BCUT2D eigenvalue weighted by atomic mass is 32.2. The van der Waals surface area contributed by atoms with Crippen molar-refractivity contribution in [1.82, 2.24) is 4.72 Å². The molecule has 1 N–H and O–H groups in total. The summed E-state index contributed by atoms with van der Waals surface area (Å²) in [6, 6.07) is 6.48. The first kappa shape index (κ1) is 11.4. The van der Waals surface area contributed by atoms with Gasteiger partial charge in [0.1, 0.15) is 0 Å². The van der Waals surface area contributed by atoms with Crippen LogP contribution in [0.1, 0.15) is 6.92 Å². The number of nitrogens with one attached hydrogen (secondary N) is 1. The quantitative estimate of drug-likeness (QED) is 0.495. The van der Waals surface area contributed by atoms with Crippen LogP contribution in [0, 0.1) is 10.1 Å². The van der Waals surface area contributed by atoms with E-state index in [0.717, 1.165) is 4.90 Å². The number of benzene rings is 1. The van der Waals surface area contributed by atoms with Crippen LogP contribution >= 0.6 is 11.9 Å².